The summed E-state index contributed by atoms with van der Waals surface area (Å²) in [6.45, 7) is 9.65. The molecule has 3 heteroatoms. The van der Waals surface area contributed by atoms with Gasteiger partial charge in [-0.3, -0.25) is 4.90 Å². The summed E-state index contributed by atoms with van der Waals surface area (Å²) in [4.78, 5) is 2.34. The van der Waals surface area contributed by atoms with E-state index >= 15 is 0 Å². The second-order valence-corrected chi connectivity index (χ2v) is 4.14. The van der Waals surface area contributed by atoms with Crippen molar-refractivity contribution in [3.8, 4) is 0 Å². The summed E-state index contributed by atoms with van der Waals surface area (Å²) in [5.41, 5.74) is 6.14. The third-order valence-electron chi connectivity index (χ3n) is 2.14. The fourth-order valence-corrected chi connectivity index (χ4v) is 1.56. The molecule has 3 nitrogen and oxygen atoms in total. The Balaban J connectivity index is 2.55. The third-order valence-corrected chi connectivity index (χ3v) is 2.14. The molecule has 1 heterocycles. The van der Waals surface area contributed by atoms with E-state index in [0.717, 1.165) is 19.6 Å². The van der Waals surface area contributed by atoms with Gasteiger partial charge in [0.1, 0.15) is 0 Å². The third kappa shape index (κ3) is 2.15. The van der Waals surface area contributed by atoms with Crippen molar-refractivity contribution < 1.29 is 0 Å². The van der Waals surface area contributed by atoms with Gasteiger partial charge in [-0.1, -0.05) is 0 Å². The summed E-state index contributed by atoms with van der Waals surface area (Å²) in [6.07, 6.45) is 0.184. The predicted octanol–water partition coefficient (Wildman–Crippen LogP) is -0.0251. The van der Waals surface area contributed by atoms with Crippen LogP contribution in [0.3, 0.4) is 0 Å². The summed E-state index contributed by atoms with van der Waals surface area (Å²) in [5, 5.41) is 3.27. The maximum absolute atomic E-state index is 5.93. The zero-order chi connectivity index (χ0) is 8.48. The number of hydrogen-bond donors (Lipinski definition) is 2. The number of rotatable bonds is 0. The van der Waals surface area contributed by atoms with E-state index < -0.39 is 0 Å². The molecule has 3 N–H and O–H groups in total. The van der Waals surface area contributed by atoms with Gasteiger partial charge in [-0.15, -0.1) is 0 Å². The van der Waals surface area contributed by atoms with Crippen LogP contribution in [0.5, 0.6) is 0 Å². The molecular formula is C8H19N3. The Labute approximate surface area is 68.9 Å². The average Bonchev–Trinajstić information content (AvgIpc) is 1.86. The minimum atomic E-state index is 0.184. The largest absolute Gasteiger partial charge is 0.315 e. The monoisotopic (exact) mass is 157 g/mol. The predicted molar refractivity (Wildman–Crippen MR) is 47.3 cm³/mol. The van der Waals surface area contributed by atoms with Gasteiger partial charge >= 0.3 is 0 Å². The Kier molecular flexibility index (Phi) is 2.52. The zero-order valence-electron chi connectivity index (χ0n) is 7.72. The number of nitrogens with two attached hydrogens (primary N) is 1. The Morgan fingerprint density at radius 1 is 1.45 bits per heavy atom. The van der Waals surface area contributed by atoms with E-state index in [0.29, 0.717) is 0 Å². The van der Waals surface area contributed by atoms with E-state index in [9.17, 15) is 0 Å². The first-order valence-electron chi connectivity index (χ1n) is 4.25. The minimum absolute atomic E-state index is 0.184. The lowest BCUT2D eigenvalue weighted by molar-refractivity contribution is 0.0644. The summed E-state index contributed by atoms with van der Waals surface area (Å²) in [5.74, 6) is 0. The van der Waals surface area contributed by atoms with Gasteiger partial charge in [-0.25, -0.2) is 0 Å². The van der Waals surface area contributed by atoms with E-state index in [2.05, 4.69) is 31.0 Å². The van der Waals surface area contributed by atoms with Crippen LogP contribution in [0, 0.1) is 0 Å². The van der Waals surface area contributed by atoms with Crippen LogP contribution in [0.2, 0.25) is 0 Å². The summed E-state index contributed by atoms with van der Waals surface area (Å²) in [6, 6.07) is 0. The highest BCUT2D eigenvalue weighted by Crippen LogP contribution is 2.15. The number of hydrogen-bond acceptors (Lipinski definition) is 3. The molecule has 0 aromatic carbocycles. The molecule has 0 amide bonds. The van der Waals surface area contributed by atoms with E-state index in [1.807, 2.05) is 0 Å². The molecule has 66 valence electrons. The second-order valence-electron chi connectivity index (χ2n) is 4.14. The number of nitrogens with zero attached hydrogens (tertiary/aromatic N) is 1. The maximum Gasteiger partial charge on any atom is 0.0705 e. The Hall–Kier alpha value is -0.120. The smallest absolute Gasteiger partial charge is 0.0705 e. The van der Waals surface area contributed by atoms with Crippen molar-refractivity contribution in [3.63, 3.8) is 0 Å². The highest BCUT2D eigenvalue weighted by atomic mass is 15.3. The van der Waals surface area contributed by atoms with Crippen LogP contribution in [0.25, 0.3) is 0 Å². The van der Waals surface area contributed by atoms with Gasteiger partial charge in [0.15, 0.2) is 0 Å². The molecule has 0 radical (unpaired) electrons. The van der Waals surface area contributed by atoms with Crippen LogP contribution in [-0.4, -0.2) is 36.2 Å². The van der Waals surface area contributed by atoms with Crippen LogP contribution in [0.1, 0.15) is 20.8 Å². The SMILES string of the molecule is CC(C)(C)N1CCNCC1N. The summed E-state index contributed by atoms with van der Waals surface area (Å²) >= 11 is 0. The normalized spacial score (nSPS) is 28.9. The Morgan fingerprint density at radius 2 is 2.09 bits per heavy atom. The number of piperazine rings is 1. The van der Waals surface area contributed by atoms with Crippen molar-refractivity contribution in [2.24, 2.45) is 5.73 Å². The molecule has 1 aliphatic heterocycles. The van der Waals surface area contributed by atoms with Gasteiger partial charge in [-0.2, -0.15) is 0 Å². The van der Waals surface area contributed by atoms with Gasteiger partial charge in [-0.05, 0) is 20.8 Å². The second kappa shape index (κ2) is 3.09. The molecule has 1 rings (SSSR count). The van der Waals surface area contributed by atoms with Crippen LogP contribution in [0.15, 0.2) is 0 Å². The molecule has 1 atom stereocenters. The lowest BCUT2D eigenvalue weighted by Gasteiger charge is -2.43. The van der Waals surface area contributed by atoms with Gasteiger partial charge in [0, 0.05) is 25.2 Å². The van der Waals surface area contributed by atoms with Gasteiger partial charge in [0.2, 0.25) is 0 Å². The van der Waals surface area contributed by atoms with E-state index in [1.165, 1.54) is 0 Å². The molecule has 0 bridgehead atoms. The van der Waals surface area contributed by atoms with Gasteiger partial charge < -0.3 is 11.1 Å². The summed E-state index contributed by atoms with van der Waals surface area (Å²) < 4.78 is 0. The Bertz CT molecular complexity index is 128. The van der Waals surface area contributed by atoms with E-state index in [4.69, 9.17) is 5.73 Å². The molecule has 1 aliphatic rings. The average molecular weight is 157 g/mol. The van der Waals surface area contributed by atoms with Crippen molar-refractivity contribution in [1.82, 2.24) is 10.2 Å². The molecular weight excluding hydrogens is 138 g/mol. The van der Waals surface area contributed by atoms with Crippen molar-refractivity contribution in [2.75, 3.05) is 19.6 Å². The molecule has 0 saturated carbocycles. The van der Waals surface area contributed by atoms with Gasteiger partial charge in [0.25, 0.3) is 0 Å². The van der Waals surface area contributed by atoms with Crippen LogP contribution in [-0.2, 0) is 0 Å². The highest BCUT2D eigenvalue weighted by molar-refractivity contribution is 4.84. The first-order valence-corrected chi connectivity index (χ1v) is 4.25. The molecule has 1 saturated heterocycles. The molecule has 1 unspecified atom stereocenters. The molecule has 0 aromatic heterocycles. The lowest BCUT2D eigenvalue weighted by Crippen LogP contribution is -2.61. The van der Waals surface area contributed by atoms with E-state index in [1.54, 1.807) is 0 Å². The van der Waals surface area contributed by atoms with Crippen molar-refractivity contribution >= 4 is 0 Å². The molecule has 11 heavy (non-hydrogen) atoms. The quantitative estimate of drug-likeness (QED) is 0.519. The standard InChI is InChI=1S/C8H19N3/c1-8(2,3)11-5-4-10-6-7(11)9/h7,10H,4-6,9H2,1-3H3. The maximum atomic E-state index is 5.93. The van der Waals surface area contributed by atoms with Gasteiger partial charge in [0.05, 0.1) is 6.17 Å². The van der Waals surface area contributed by atoms with Crippen molar-refractivity contribution in [2.45, 2.75) is 32.5 Å². The van der Waals surface area contributed by atoms with Crippen LogP contribution in [0.4, 0.5) is 0 Å². The first-order chi connectivity index (χ1) is 5.02. The number of nitrogens with one attached hydrogen (secondary N) is 1. The molecule has 1 fully saturated rings. The fraction of sp³-hybridized carbons (Fsp3) is 1.00. The van der Waals surface area contributed by atoms with Crippen LogP contribution >= 0.6 is 0 Å². The lowest BCUT2D eigenvalue weighted by atomic mass is 10.0. The van der Waals surface area contributed by atoms with Crippen LogP contribution < -0.4 is 11.1 Å². The molecule has 0 aliphatic carbocycles. The molecule has 0 aromatic rings. The minimum Gasteiger partial charge on any atom is -0.315 e. The topological polar surface area (TPSA) is 41.3 Å². The highest BCUT2D eigenvalue weighted by Gasteiger charge is 2.28. The first kappa shape index (κ1) is 8.97. The van der Waals surface area contributed by atoms with Crippen molar-refractivity contribution in [1.29, 1.82) is 0 Å². The van der Waals surface area contributed by atoms with E-state index in [-0.39, 0.29) is 11.7 Å². The zero-order valence-corrected chi connectivity index (χ0v) is 7.72. The summed E-state index contributed by atoms with van der Waals surface area (Å²) in [7, 11) is 0. The molecule has 0 spiro atoms. The fourth-order valence-electron chi connectivity index (χ4n) is 1.56. The van der Waals surface area contributed by atoms with Crippen molar-refractivity contribution in [3.05, 3.63) is 0 Å². The Morgan fingerprint density at radius 3 is 2.45 bits per heavy atom.